The van der Waals surface area contributed by atoms with Crippen LogP contribution in [0.25, 0.3) is 0 Å². The fraction of sp³-hybridized carbons (Fsp3) is 0.250. The van der Waals surface area contributed by atoms with Crippen LogP contribution in [0.2, 0.25) is 0 Å². The molecule has 0 bridgehead atoms. The molecule has 0 aliphatic rings. The van der Waals surface area contributed by atoms with Crippen molar-refractivity contribution >= 4 is 111 Å². The molecule has 11 amide bonds. The first-order valence-electron chi connectivity index (χ1n) is 33.5. The highest BCUT2D eigenvalue weighted by Gasteiger charge is 2.26. The number of aromatic carboxylic acids is 1. The van der Waals surface area contributed by atoms with Gasteiger partial charge in [-0.1, -0.05) is 30.3 Å². The van der Waals surface area contributed by atoms with E-state index in [2.05, 4.69) is 68.5 Å². The Morgan fingerprint density at radius 1 is 0.402 bits per heavy atom. The number of carbonyl (C=O) groups is 12. The second kappa shape index (κ2) is 33.5. The molecule has 0 aliphatic carbocycles. The van der Waals surface area contributed by atoms with Crippen molar-refractivity contribution in [3.8, 4) is 0 Å². The van der Waals surface area contributed by atoms with Crippen LogP contribution in [-0.4, -0.2) is 163 Å². The molecule has 0 saturated carbocycles. The SMILES string of the molecule is Cn1cc(NC(=O)c2cc(NC(=O)c3cc(NC(=O)c4cc(NC(=O)C[C@H](CNC(=O)c5cc(NC(=O)c6cc(NC(=O)c7nc(NC(=O)c8nccn8C)cn7C)cn6C)cn5C)NC(=O)c5ccccc5)cn4C)cn3C)cn2C)cc1C(=O)NCCC[NH+](C)CCCNC(=O)c1cccc(C(=O)[O-])c1. The molecule has 1 unspecified atom stereocenters. The summed E-state index contributed by atoms with van der Waals surface area (Å²) in [5.74, 6) is -6.93. The topological polar surface area (TPSA) is 430 Å². The quantitative estimate of drug-likeness (QED) is 0.0277. The summed E-state index contributed by atoms with van der Waals surface area (Å²) in [6.45, 7) is 2.04. The molecule has 35 nitrogen and oxygen atoms in total. The van der Waals surface area contributed by atoms with Gasteiger partial charge in [0.25, 0.3) is 59.1 Å². The number of carbonyl (C=O) groups excluding carboxylic acids is 12. The van der Waals surface area contributed by atoms with Crippen molar-refractivity contribution in [2.75, 3.05) is 77.0 Å². The fourth-order valence-electron chi connectivity index (χ4n) is 11.7. The number of aryl methyl sites for hydroxylation is 8. The molecule has 556 valence electrons. The van der Waals surface area contributed by atoms with Crippen LogP contribution in [-0.2, 0) is 61.2 Å². The van der Waals surface area contributed by atoms with E-state index in [-0.39, 0.29) is 105 Å². The van der Waals surface area contributed by atoms with Gasteiger partial charge in [-0.05, 0) is 66.2 Å². The third-order valence-electron chi connectivity index (χ3n) is 17.1. The van der Waals surface area contributed by atoms with Crippen molar-refractivity contribution in [3.05, 3.63) is 209 Å². The molecule has 2 aromatic carbocycles. The molecule has 0 radical (unpaired) electrons. The molecule has 107 heavy (non-hydrogen) atoms. The van der Waals surface area contributed by atoms with E-state index in [0.29, 0.717) is 48.6 Å². The minimum Gasteiger partial charge on any atom is -0.545 e. The normalized spacial score (nSPS) is 11.6. The lowest BCUT2D eigenvalue weighted by Gasteiger charge is -2.19. The zero-order valence-electron chi connectivity index (χ0n) is 59.9. The number of anilines is 7. The van der Waals surface area contributed by atoms with Gasteiger partial charge < -0.3 is 110 Å². The average molecular weight is 1460 g/mol. The zero-order valence-corrected chi connectivity index (χ0v) is 59.9. The standard InChI is InChI=1S/C72H80N22O13/c1-86(23-14-20-74-62(96)43-18-13-19-44(26-43)72(106)107)24-15-21-75-64(98)52-28-47(36-88(52)3)79-67(101)55-31-50(39-91(55)6)82-68(102)56-30-49(38-92(56)7)81-66(100)54-27-46(35-90(54)5)77-59(95)33-45(78-63(97)42-16-11-10-12-17-42)34-76-65(99)53-29-48(37-89(53)4)80-69(103)57-32-51(40-93(57)8)83-71(105)61-84-58(41-94(61)9)85-70(104)60-73-22-25-87(60)2/h10-13,16-19,22,25-32,35-41,45H,14-15,20-21,23-24,33-34H2,1-9H3,(H,74,96)(H,75,98)(H,76,99)(H,77,95)(H,78,97)(H,79,101)(H,80,103)(H,81,100)(H,82,102)(H,83,105)(H,85,104)(H,106,107)/t45-/m1/s1. The highest BCUT2D eigenvalue weighted by molar-refractivity contribution is 6.10. The number of benzene rings is 2. The maximum Gasteiger partial charge on any atom is 0.292 e. The number of hydrogen-bond acceptors (Lipinski definition) is 15. The largest absolute Gasteiger partial charge is 0.545 e. The summed E-state index contributed by atoms with van der Waals surface area (Å²) in [5, 5.41) is 41.7. The summed E-state index contributed by atoms with van der Waals surface area (Å²) in [6, 6.07) is 21.7. The molecule has 35 heteroatoms. The van der Waals surface area contributed by atoms with Crippen molar-refractivity contribution in [2.45, 2.75) is 25.3 Å². The van der Waals surface area contributed by atoms with Gasteiger partial charge in [-0.3, -0.25) is 52.7 Å². The summed E-state index contributed by atoms with van der Waals surface area (Å²) in [6.07, 6.45) is 14.8. The van der Waals surface area contributed by atoms with Gasteiger partial charge in [0.15, 0.2) is 11.6 Å². The Kier molecular flexibility index (Phi) is 23.7. The fourth-order valence-corrected chi connectivity index (χ4v) is 11.7. The van der Waals surface area contributed by atoms with Gasteiger partial charge in [0.1, 0.15) is 34.2 Å². The molecular formula is C72H80N22O13. The van der Waals surface area contributed by atoms with Crippen LogP contribution >= 0.6 is 0 Å². The molecule has 8 heterocycles. The Bertz CT molecular complexity index is 5070. The van der Waals surface area contributed by atoms with E-state index in [1.807, 2.05) is 7.05 Å². The van der Waals surface area contributed by atoms with Gasteiger partial charge in [-0.15, -0.1) is 0 Å². The van der Waals surface area contributed by atoms with Gasteiger partial charge in [0.05, 0.1) is 66.3 Å². The Hall–Kier alpha value is -13.9. The third-order valence-corrected chi connectivity index (χ3v) is 17.1. The number of carboxylic acids is 1. The van der Waals surface area contributed by atoms with Gasteiger partial charge >= 0.3 is 0 Å². The van der Waals surface area contributed by atoms with Gasteiger partial charge in [0, 0.05) is 162 Å². The first-order chi connectivity index (χ1) is 51.0. The van der Waals surface area contributed by atoms with Crippen molar-refractivity contribution in [2.24, 2.45) is 56.4 Å². The summed E-state index contributed by atoms with van der Waals surface area (Å²) >= 11 is 0. The first-order valence-corrected chi connectivity index (χ1v) is 33.5. The smallest absolute Gasteiger partial charge is 0.292 e. The van der Waals surface area contributed by atoms with Gasteiger partial charge in [-0.2, -0.15) is 0 Å². The lowest BCUT2D eigenvalue weighted by molar-refractivity contribution is -0.879. The number of amides is 11. The molecule has 0 saturated heterocycles. The summed E-state index contributed by atoms with van der Waals surface area (Å²) in [7, 11) is 14.9. The number of nitrogens with zero attached hydrogens (tertiary/aromatic N) is 10. The maximum atomic E-state index is 13.8. The first kappa shape index (κ1) is 75.8. The minimum atomic E-state index is -1.36. The number of nitrogens with one attached hydrogen (secondary N) is 12. The van der Waals surface area contributed by atoms with Crippen LogP contribution in [0.4, 0.5) is 39.9 Å². The summed E-state index contributed by atoms with van der Waals surface area (Å²) < 4.78 is 12.0. The highest BCUT2D eigenvalue weighted by Crippen LogP contribution is 2.24. The van der Waals surface area contributed by atoms with Crippen LogP contribution < -0.4 is 68.5 Å². The highest BCUT2D eigenvalue weighted by atomic mass is 16.4. The number of carboxylic acid groups (broad SMARTS) is 1. The van der Waals surface area contributed by atoms with Crippen LogP contribution in [0, 0.1) is 0 Å². The van der Waals surface area contributed by atoms with Crippen LogP contribution in [0.15, 0.2) is 147 Å². The van der Waals surface area contributed by atoms with E-state index >= 15 is 0 Å². The van der Waals surface area contributed by atoms with Gasteiger partial charge in [0.2, 0.25) is 11.7 Å². The average Bonchev–Trinajstić information content (AvgIpc) is 1.70. The third kappa shape index (κ3) is 19.3. The van der Waals surface area contributed by atoms with Crippen molar-refractivity contribution in [1.29, 1.82) is 0 Å². The van der Waals surface area contributed by atoms with Crippen LogP contribution in [0.3, 0.4) is 0 Å². The Morgan fingerprint density at radius 3 is 1.25 bits per heavy atom. The predicted octanol–water partition coefficient (Wildman–Crippen LogP) is 2.07. The monoisotopic (exact) mass is 1460 g/mol. The van der Waals surface area contributed by atoms with E-state index in [9.17, 15) is 62.6 Å². The van der Waals surface area contributed by atoms with E-state index in [1.165, 1.54) is 129 Å². The number of hydrogen-bond donors (Lipinski definition) is 12. The molecule has 0 spiro atoms. The second-order valence-electron chi connectivity index (χ2n) is 25.5. The van der Waals surface area contributed by atoms with Crippen LogP contribution in [0.1, 0.15) is 135 Å². The molecule has 10 aromatic rings. The molecule has 0 fully saturated rings. The predicted molar refractivity (Wildman–Crippen MR) is 391 cm³/mol. The number of aromatic nitrogens is 10. The zero-order chi connectivity index (χ0) is 76.9. The van der Waals surface area contributed by atoms with Crippen molar-refractivity contribution < 1.29 is 67.5 Å². The van der Waals surface area contributed by atoms with Gasteiger partial charge in [-0.25, -0.2) is 9.97 Å². The Balaban J connectivity index is 0.674. The summed E-state index contributed by atoms with van der Waals surface area (Å²) in [4.78, 5) is 168. The Morgan fingerprint density at radius 2 is 0.804 bits per heavy atom. The molecule has 0 aliphatic heterocycles. The number of quaternary nitrogens is 1. The molecular weight excluding hydrogens is 1380 g/mol. The molecule has 2 atom stereocenters. The molecule has 8 aromatic heterocycles. The van der Waals surface area contributed by atoms with Crippen molar-refractivity contribution in [1.82, 2.24) is 67.8 Å². The molecule has 12 N–H and O–H groups in total. The number of imidazole rings is 2. The maximum absolute atomic E-state index is 13.8. The number of rotatable bonds is 31. The van der Waals surface area contributed by atoms with Crippen molar-refractivity contribution in [3.63, 3.8) is 0 Å². The van der Waals surface area contributed by atoms with E-state index < -0.39 is 65.2 Å². The van der Waals surface area contributed by atoms with Crippen LogP contribution in [0.5, 0.6) is 0 Å². The molecule has 10 rings (SSSR count). The second-order valence-corrected chi connectivity index (χ2v) is 25.5. The summed E-state index contributed by atoms with van der Waals surface area (Å²) in [5.41, 5.74) is 3.13. The lowest BCUT2D eigenvalue weighted by atomic mass is 10.1. The van der Waals surface area contributed by atoms with E-state index in [1.54, 1.807) is 116 Å². The minimum absolute atomic E-state index is 0.0303. The Labute approximate surface area is 611 Å². The lowest BCUT2D eigenvalue weighted by Crippen LogP contribution is -3.09. The van der Waals surface area contributed by atoms with E-state index in [4.69, 9.17) is 0 Å². The van der Waals surface area contributed by atoms with E-state index in [0.717, 1.165) is 13.1 Å².